The molecule has 1 aliphatic rings. The number of Topliss-reactive ketones (excluding diaryl/α,β-unsaturated/α-hetero) is 1. The molecule has 4 nitrogen and oxygen atoms in total. The van der Waals surface area contributed by atoms with Crippen molar-refractivity contribution < 1.29 is 4.79 Å². The summed E-state index contributed by atoms with van der Waals surface area (Å²) in [5.74, 6) is 0.196. The van der Waals surface area contributed by atoms with Crippen LogP contribution in [0.3, 0.4) is 0 Å². The predicted octanol–water partition coefficient (Wildman–Crippen LogP) is 1.89. The summed E-state index contributed by atoms with van der Waals surface area (Å²) in [5.41, 5.74) is 1.70. The molecule has 0 saturated carbocycles. The van der Waals surface area contributed by atoms with E-state index < -0.39 is 0 Å². The van der Waals surface area contributed by atoms with Crippen LogP contribution in [-0.2, 0) is 0 Å². The Kier molecular flexibility index (Phi) is 2.65. The lowest BCUT2D eigenvalue weighted by atomic mass is 9.96. The molecule has 0 aliphatic carbocycles. The Balaban J connectivity index is 1.95. The van der Waals surface area contributed by atoms with Crippen LogP contribution in [0.25, 0.3) is 10.9 Å². The number of nitrogens with zero attached hydrogens (tertiary/aromatic N) is 1. The predicted molar refractivity (Wildman–Crippen MR) is 66.1 cm³/mol. The van der Waals surface area contributed by atoms with Gasteiger partial charge in [0.15, 0.2) is 5.78 Å². The van der Waals surface area contributed by atoms with Crippen molar-refractivity contribution in [3.63, 3.8) is 0 Å². The number of hydrogen-bond donors (Lipinski definition) is 2. The Morgan fingerprint density at radius 2 is 2.35 bits per heavy atom. The van der Waals surface area contributed by atoms with E-state index in [-0.39, 0.29) is 11.8 Å². The lowest BCUT2D eigenvalue weighted by Crippen LogP contribution is -2.40. The van der Waals surface area contributed by atoms with E-state index in [1.807, 2.05) is 6.07 Å². The molecule has 0 bridgehead atoms. The molecule has 1 atom stereocenters. The van der Waals surface area contributed by atoms with E-state index in [1.165, 1.54) is 6.42 Å². The maximum Gasteiger partial charge on any atom is 0.181 e. The zero-order chi connectivity index (χ0) is 11.7. The summed E-state index contributed by atoms with van der Waals surface area (Å²) < 4.78 is 0. The minimum atomic E-state index is -0.0177. The lowest BCUT2D eigenvalue weighted by Gasteiger charge is -2.21. The second-order valence-corrected chi connectivity index (χ2v) is 4.49. The topological polar surface area (TPSA) is 57.8 Å². The molecule has 17 heavy (non-hydrogen) atoms. The fraction of sp³-hybridized carbons (Fsp3) is 0.385. The summed E-state index contributed by atoms with van der Waals surface area (Å²) in [6.07, 6.45) is 8.51. The van der Waals surface area contributed by atoms with Crippen LogP contribution < -0.4 is 5.32 Å². The van der Waals surface area contributed by atoms with E-state index in [9.17, 15) is 4.79 Å². The van der Waals surface area contributed by atoms with Crippen LogP contribution in [0.4, 0.5) is 0 Å². The van der Waals surface area contributed by atoms with Gasteiger partial charge < -0.3 is 10.3 Å². The van der Waals surface area contributed by atoms with E-state index in [2.05, 4.69) is 15.3 Å². The Morgan fingerprint density at radius 3 is 3.18 bits per heavy atom. The number of pyridine rings is 1. The zero-order valence-electron chi connectivity index (χ0n) is 9.57. The van der Waals surface area contributed by atoms with Crippen molar-refractivity contribution in [3.8, 4) is 0 Å². The smallest absolute Gasteiger partial charge is 0.181 e. The van der Waals surface area contributed by atoms with Gasteiger partial charge in [-0.15, -0.1) is 0 Å². The van der Waals surface area contributed by atoms with Crippen LogP contribution in [0.1, 0.15) is 29.6 Å². The third kappa shape index (κ3) is 1.85. The third-order valence-electron chi connectivity index (χ3n) is 3.38. The first-order valence-corrected chi connectivity index (χ1v) is 6.05. The highest BCUT2D eigenvalue weighted by Crippen LogP contribution is 2.20. The molecule has 2 aromatic rings. The van der Waals surface area contributed by atoms with E-state index in [0.29, 0.717) is 0 Å². The van der Waals surface area contributed by atoms with Gasteiger partial charge in [-0.05, 0) is 25.5 Å². The normalized spacial score (nSPS) is 20.6. The fourth-order valence-corrected chi connectivity index (χ4v) is 2.44. The largest absolute Gasteiger partial charge is 0.359 e. The fourth-order valence-electron chi connectivity index (χ4n) is 2.44. The van der Waals surface area contributed by atoms with Crippen molar-refractivity contribution in [2.24, 2.45) is 0 Å². The molecule has 1 fully saturated rings. The van der Waals surface area contributed by atoms with Crippen molar-refractivity contribution in [1.82, 2.24) is 15.3 Å². The van der Waals surface area contributed by atoms with E-state index in [1.54, 1.807) is 18.6 Å². The SMILES string of the molecule is O=C(c1c[nH]c2cnccc12)C1CCCCN1. The summed E-state index contributed by atoms with van der Waals surface area (Å²) in [6, 6.07) is 1.87. The number of hydrogen-bond acceptors (Lipinski definition) is 3. The van der Waals surface area contributed by atoms with Gasteiger partial charge in [-0.1, -0.05) is 6.42 Å². The van der Waals surface area contributed by atoms with E-state index >= 15 is 0 Å². The molecule has 2 aromatic heterocycles. The molecular formula is C13H15N3O. The summed E-state index contributed by atoms with van der Waals surface area (Å²) in [5, 5.41) is 4.26. The lowest BCUT2D eigenvalue weighted by molar-refractivity contribution is 0.0929. The number of aromatic amines is 1. The average Bonchev–Trinajstić information content (AvgIpc) is 2.83. The molecule has 1 unspecified atom stereocenters. The minimum Gasteiger partial charge on any atom is -0.359 e. The first-order chi connectivity index (χ1) is 8.36. The number of ketones is 1. The molecule has 0 amide bonds. The summed E-state index contributed by atoms with van der Waals surface area (Å²) >= 11 is 0. The van der Waals surface area contributed by atoms with Gasteiger partial charge in [0.2, 0.25) is 0 Å². The Morgan fingerprint density at radius 1 is 1.41 bits per heavy atom. The third-order valence-corrected chi connectivity index (χ3v) is 3.38. The van der Waals surface area contributed by atoms with E-state index in [0.717, 1.165) is 35.9 Å². The standard InChI is InChI=1S/C13H15N3O/c17-13(11-3-1-2-5-15-11)10-7-16-12-8-14-6-4-9(10)12/h4,6-8,11,15-16H,1-3,5H2. The second-order valence-electron chi connectivity index (χ2n) is 4.49. The number of carbonyl (C=O) groups excluding carboxylic acids is 1. The Hall–Kier alpha value is -1.68. The highest BCUT2D eigenvalue weighted by molar-refractivity contribution is 6.10. The van der Waals surface area contributed by atoms with Crippen molar-refractivity contribution in [2.75, 3.05) is 6.54 Å². The van der Waals surface area contributed by atoms with E-state index in [4.69, 9.17) is 0 Å². The second kappa shape index (κ2) is 4.30. The Bertz CT molecular complexity index is 540. The summed E-state index contributed by atoms with van der Waals surface area (Å²) in [7, 11) is 0. The molecule has 1 aliphatic heterocycles. The molecule has 4 heteroatoms. The van der Waals surface area contributed by atoms with Crippen LogP contribution in [0.2, 0.25) is 0 Å². The summed E-state index contributed by atoms with van der Waals surface area (Å²) in [6.45, 7) is 0.945. The maximum absolute atomic E-state index is 12.4. The van der Waals surface area contributed by atoms with Crippen molar-refractivity contribution >= 4 is 16.7 Å². The summed E-state index contributed by atoms with van der Waals surface area (Å²) in [4.78, 5) is 19.5. The molecule has 0 spiro atoms. The molecule has 2 N–H and O–H groups in total. The minimum absolute atomic E-state index is 0.0177. The highest BCUT2D eigenvalue weighted by atomic mass is 16.1. The molecule has 1 saturated heterocycles. The number of nitrogens with one attached hydrogen (secondary N) is 2. The van der Waals surface area contributed by atoms with Crippen LogP contribution in [0.5, 0.6) is 0 Å². The van der Waals surface area contributed by atoms with Crippen LogP contribution in [-0.4, -0.2) is 28.3 Å². The van der Waals surface area contributed by atoms with Crippen molar-refractivity contribution in [3.05, 3.63) is 30.2 Å². The maximum atomic E-state index is 12.4. The number of H-pyrrole nitrogens is 1. The van der Waals surface area contributed by atoms with Gasteiger partial charge in [0.05, 0.1) is 17.8 Å². The Labute approximate surface area is 99.4 Å². The number of carbonyl (C=O) groups is 1. The van der Waals surface area contributed by atoms with Gasteiger partial charge in [-0.3, -0.25) is 9.78 Å². The van der Waals surface area contributed by atoms with Gasteiger partial charge in [0.1, 0.15) is 0 Å². The molecular weight excluding hydrogens is 214 g/mol. The molecule has 0 radical (unpaired) electrons. The quantitative estimate of drug-likeness (QED) is 0.773. The highest BCUT2D eigenvalue weighted by Gasteiger charge is 2.23. The number of piperidine rings is 1. The zero-order valence-corrected chi connectivity index (χ0v) is 9.57. The van der Waals surface area contributed by atoms with Gasteiger partial charge in [-0.25, -0.2) is 0 Å². The monoisotopic (exact) mass is 229 g/mol. The number of aromatic nitrogens is 2. The molecule has 0 aromatic carbocycles. The van der Waals surface area contributed by atoms with Gasteiger partial charge in [0, 0.05) is 23.3 Å². The van der Waals surface area contributed by atoms with Gasteiger partial charge in [0.25, 0.3) is 0 Å². The average molecular weight is 229 g/mol. The van der Waals surface area contributed by atoms with Crippen LogP contribution in [0, 0.1) is 0 Å². The number of fused-ring (bicyclic) bond motifs is 1. The number of rotatable bonds is 2. The van der Waals surface area contributed by atoms with Crippen molar-refractivity contribution in [1.29, 1.82) is 0 Å². The van der Waals surface area contributed by atoms with Crippen molar-refractivity contribution in [2.45, 2.75) is 25.3 Å². The van der Waals surface area contributed by atoms with Crippen LogP contribution >= 0.6 is 0 Å². The molecule has 3 heterocycles. The molecule has 88 valence electrons. The first kappa shape index (κ1) is 10.5. The first-order valence-electron chi connectivity index (χ1n) is 6.05. The van der Waals surface area contributed by atoms with Gasteiger partial charge in [-0.2, -0.15) is 0 Å². The molecule has 3 rings (SSSR count). The van der Waals surface area contributed by atoms with Gasteiger partial charge >= 0.3 is 0 Å². The van der Waals surface area contributed by atoms with Crippen LogP contribution in [0.15, 0.2) is 24.7 Å².